The first-order valence-corrected chi connectivity index (χ1v) is 6.46. The SMILES string of the molecule is NCC(Oc1cc(Br)ccc1F)c1cccc(F)c1. The second-order valence-corrected chi connectivity index (χ2v) is 4.89. The van der Waals surface area contributed by atoms with E-state index in [-0.39, 0.29) is 18.1 Å². The average molecular weight is 328 g/mol. The van der Waals surface area contributed by atoms with Crippen molar-refractivity contribution < 1.29 is 13.5 Å². The summed E-state index contributed by atoms with van der Waals surface area (Å²) in [5, 5.41) is 0. The molecule has 100 valence electrons. The van der Waals surface area contributed by atoms with E-state index in [4.69, 9.17) is 10.5 Å². The second-order valence-electron chi connectivity index (χ2n) is 3.97. The molecule has 2 nitrogen and oxygen atoms in total. The summed E-state index contributed by atoms with van der Waals surface area (Å²) in [5.41, 5.74) is 6.18. The minimum absolute atomic E-state index is 0.0779. The first kappa shape index (κ1) is 14.0. The summed E-state index contributed by atoms with van der Waals surface area (Å²) < 4.78 is 33.0. The molecule has 0 spiro atoms. The van der Waals surface area contributed by atoms with Crippen molar-refractivity contribution in [2.24, 2.45) is 5.73 Å². The lowest BCUT2D eigenvalue weighted by atomic mass is 10.1. The van der Waals surface area contributed by atoms with Crippen LogP contribution >= 0.6 is 15.9 Å². The normalized spacial score (nSPS) is 12.2. The topological polar surface area (TPSA) is 35.2 Å². The number of ether oxygens (including phenoxy) is 1. The number of hydrogen-bond donors (Lipinski definition) is 1. The molecule has 2 aromatic rings. The molecule has 1 unspecified atom stereocenters. The minimum atomic E-state index is -0.598. The predicted octanol–water partition coefficient (Wildman–Crippen LogP) is 3.81. The lowest BCUT2D eigenvalue weighted by Crippen LogP contribution is -2.19. The molecule has 0 saturated heterocycles. The molecule has 0 aliphatic rings. The van der Waals surface area contributed by atoms with Crippen LogP contribution in [0.3, 0.4) is 0 Å². The van der Waals surface area contributed by atoms with E-state index < -0.39 is 11.9 Å². The van der Waals surface area contributed by atoms with Gasteiger partial charge in [-0.1, -0.05) is 28.1 Å². The van der Waals surface area contributed by atoms with Crippen LogP contribution in [0.1, 0.15) is 11.7 Å². The maximum Gasteiger partial charge on any atom is 0.165 e. The van der Waals surface area contributed by atoms with Gasteiger partial charge in [0, 0.05) is 11.0 Å². The van der Waals surface area contributed by atoms with Crippen molar-refractivity contribution in [1.29, 1.82) is 0 Å². The van der Waals surface area contributed by atoms with Crippen LogP contribution in [0.15, 0.2) is 46.9 Å². The molecule has 0 bridgehead atoms. The third-order valence-corrected chi connectivity index (χ3v) is 3.09. The molecule has 0 fully saturated rings. The van der Waals surface area contributed by atoms with E-state index >= 15 is 0 Å². The predicted molar refractivity (Wildman–Crippen MR) is 72.9 cm³/mol. The van der Waals surface area contributed by atoms with Crippen molar-refractivity contribution in [2.75, 3.05) is 6.54 Å². The van der Waals surface area contributed by atoms with Gasteiger partial charge in [-0.15, -0.1) is 0 Å². The van der Waals surface area contributed by atoms with E-state index in [9.17, 15) is 8.78 Å². The van der Waals surface area contributed by atoms with E-state index in [1.807, 2.05) is 0 Å². The zero-order chi connectivity index (χ0) is 13.8. The Morgan fingerprint density at radius 1 is 1.16 bits per heavy atom. The smallest absolute Gasteiger partial charge is 0.165 e. The first-order valence-electron chi connectivity index (χ1n) is 5.67. The van der Waals surface area contributed by atoms with Gasteiger partial charge in [0.25, 0.3) is 0 Å². The Morgan fingerprint density at radius 3 is 2.63 bits per heavy atom. The summed E-state index contributed by atoms with van der Waals surface area (Å²) in [6.07, 6.45) is -0.598. The minimum Gasteiger partial charge on any atom is -0.481 e. The summed E-state index contributed by atoms with van der Waals surface area (Å²) in [6.45, 7) is 0.120. The van der Waals surface area contributed by atoms with E-state index in [0.29, 0.717) is 10.0 Å². The summed E-state index contributed by atoms with van der Waals surface area (Å²) in [6, 6.07) is 10.3. The number of nitrogens with two attached hydrogens (primary N) is 1. The highest BCUT2D eigenvalue weighted by molar-refractivity contribution is 9.10. The number of benzene rings is 2. The maximum absolute atomic E-state index is 13.6. The van der Waals surface area contributed by atoms with Crippen molar-refractivity contribution in [3.8, 4) is 5.75 Å². The van der Waals surface area contributed by atoms with Gasteiger partial charge in [-0.2, -0.15) is 0 Å². The van der Waals surface area contributed by atoms with E-state index in [1.165, 1.54) is 24.3 Å². The molecule has 0 aliphatic carbocycles. The Morgan fingerprint density at radius 2 is 1.95 bits per heavy atom. The summed E-state index contributed by atoms with van der Waals surface area (Å²) in [7, 11) is 0. The van der Waals surface area contributed by atoms with Gasteiger partial charge >= 0.3 is 0 Å². The maximum atomic E-state index is 13.6. The highest BCUT2D eigenvalue weighted by Gasteiger charge is 2.15. The molecule has 1 atom stereocenters. The van der Waals surface area contributed by atoms with Crippen LogP contribution in [0.5, 0.6) is 5.75 Å². The third kappa shape index (κ3) is 3.52. The van der Waals surface area contributed by atoms with Gasteiger partial charge in [0.05, 0.1) is 0 Å². The fourth-order valence-electron chi connectivity index (χ4n) is 1.68. The van der Waals surface area contributed by atoms with Gasteiger partial charge in [-0.25, -0.2) is 8.78 Å². The molecular formula is C14H12BrF2NO. The lowest BCUT2D eigenvalue weighted by molar-refractivity contribution is 0.204. The monoisotopic (exact) mass is 327 g/mol. The molecule has 0 saturated carbocycles. The molecule has 2 N–H and O–H groups in total. The Kier molecular flexibility index (Phi) is 4.50. The van der Waals surface area contributed by atoms with Crippen molar-refractivity contribution in [1.82, 2.24) is 0 Å². The lowest BCUT2D eigenvalue weighted by Gasteiger charge is -2.18. The fraction of sp³-hybridized carbons (Fsp3) is 0.143. The standard InChI is InChI=1S/C14H12BrF2NO/c15-10-4-5-12(17)13(7-10)19-14(8-18)9-2-1-3-11(16)6-9/h1-7,14H,8,18H2. The molecule has 0 aromatic heterocycles. The summed E-state index contributed by atoms with van der Waals surface area (Å²) in [4.78, 5) is 0. The van der Waals surface area contributed by atoms with Crippen LogP contribution < -0.4 is 10.5 Å². The summed E-state index contributed by atoms with van der Waals surface area (Å²) in [5.74, 6) is -0.790. The number of hydrogen-bond acceptors (Lipinski definition) is 2. The van der Waals surface area contributed by atoms with Gasteiger partial charge in [0.2, 0.25) is 0 Å². The second kappa shape index (κ2) is 6.12. The van der Waals surface area contributed by atoms with E-state index in [1.54, 1.807) is 18.2 Å². The van der Waals surface area contributed by atoms with Gasteiger partial charge < -0.3 is 10.5 Å². The zero-order valence-electron chi connectivity index (χ0n) is 9.95. The molecule has 0 amide bonds. The molecule has 2 aromatic carbocycles. The Hall–Kier alpha value is -1.46. The number of halogens is 3. The molecule has 5 heteroatoms. The quantitative estimate of drug-likeness (QED) is 0.926. The van der Waals surface area contributed by atoms with Crippen LogP contribution in [0.25, 0.3) is 0 Å². The molecule has 0 heterocycles. The van der Waals surface area contributed by atoms with Gasteiger partial charge in [0.1, 0.15) is 11.9 Å². The number of rotatable bonds is 4. The van der Waals surface area contributed by atoms with Crippen molar-refractivity contribution in [3.63, 3.8) is 0 Å². The molecule has 0 radical (unpaired) electrons. The van der Waals surface area contributed by atoms with Crippen molar-refractivity contribution in [3.05, 3.63) is 64.1 Å². The molecule has 19 heavy (non-hydrogen) atoms. The fourth-order valence-corrected chi connectivity index (χ4v) is 2.02. The average Bonchev–Trinajstić information content (AvgIpc) is 2.39. The van der Waals surface area contributed by atoms with Crippen LogP contribution in [-0.4, -0.2) is 6.54 Å². The van der Waals surface area contributed by atoms with E-state index in [2.05, 4.69) is 15.9 Å². The highest BCUT2D eigenvalue weighted by atomic mass is 79.9. The molecule has 0 aliphatic heterocycles. The van der Waals surface area contributed by atoms with Crippen molar-refractivity contribution >= 4 is 15.9 Å². The van der Waals surface area contributed by atoms with Gasteiger partial charge in [-0.05, 0) is 35.9 Å². The van der Waals surface area contributed by atoms with Crippen LogP contribution in [0.2, 0.25) is 0 Å². The summed E-state index contributed by atoms with van der Waals surface area (Å²) >= 11 is 3.24. The Labute approximate surface area is 118 Å². The van der Waals surface area contributed by atoms with E-state index in [0.717, 1.165) is 0 Å². The van der Waals surface area contributed by atoms with Crippen molar-refractivity contribution in [2.45, 2.75) is 6.10 Å². The largest absolute Gasteiger partial charge is 0.481 e. The van der Waals surface area contributed by atoms with Crippen LogP contribution in [0, 0.1) is 11.6 Å². The molecular weight excluding hydrogens is 316 g/mol. The highest BCUT2D eigenvalue weighted by Crippen LogP contribution is 2.27. The molecule has 2 rings (SSSR count). The Balaban J connectivity index is 2.26. The first-order chi connectivity index (χ1) is 9.10. The van der Waals surface area contributed by atoms with Gasteiger partial charge in [-0.3, -0.25) is 0 Å². The van der Waals surface area contributed by atoms with Crippen LogP contribution in [0.4, 0.5) is 8.78 Å². The Bertz CT molecular complexity index is 577. The zero-order valence-corrected chi connectivity index (χ0v) is 11.5. The van der Waals surface area contributed by atoms with Crippen LogP contribution in [-0.2, 0) is 0 Å². The van der Waals surface area contributed by atoms with Gasteiger partial charge in [0.15, 0.2) is 11.6 Å². The third-order valence-electron chi connectivity index (χ3n) is 2.60.